The van der Waals surface area contributed by atoms with Crippen LogP contribution in [-0.2, 0) is 0 Å². The molecule has 0 aromatic carbocycles. The van der Waals surface area contributed by atoms with Crippen molar-refractivity contribution in [1.29, 1.82) is 0 Å². The fraction of sp³-hybridized carbons (Fsp3) is 1.00. The minimum atomic E-state index is 0.480. The number of hydrogen-bond acceptors (Lipinski definition) is 2. The van der Waals surface area contributed by atoms with Crippen molar-refractivity contribution >= 4 is 0 Å². The molecule has 4 unspecified atom stereocenters. The topological polar surface area (TPSA) is 29.3 Å². The molecular formula is C17H36N2. The summed E-state index contributed by atoms with van der Waals surface area (Å²) >= 11 is 0. The van der Waals surface area contributed by atoms with E-state index in [1.165, 1.54) is 32.1 Å². The van der Waals surface area contributed by atoms with E-state index >= 15 is 0 Å². The van der Waals surface area contributed by atoms with Crippen LogP contribution in [0.5, 0.6) is 0 Å². The zero-order valence-corrected chi connectivity index (χ0v) is 14.1. The number of nitrogens with zero attached hydrogens (tertiary/aromatic N) is 1. The fourth-order valence-electron chi connectivity index (χ4n) is 3.60. The Kier molecular flexibility index (Phi) is 6.32. The maximum atomic E-state index is 6.03. The standard InChI is InChI=1S/C17H36N2/c1-7-13(3)19(6)16-11-15(17(4,5)8-2)10-9-14(16)12-18/h13-16H,7-12,18H2,1-6H3. The second-order valence-corrected chi connectivity index (χ2v) is 7.34. The Morgan fingerprint density at radius 1 is 1.26 bits per heavy atom. The van der Waals surface area contributed by atoms with E-state index in [-0.39, 0.29) is 0 Å². The van der Waals surface area contributed by atoms with E-state index in [2.05, 4.69) is 46.6 Å². The highest BCUT2D eigenvalue weighted by Gasteiger charge is 2.38. The first kappa shape index (κ1) is 17.0. The van der Waals surface area contributed by atoms with Gasteiger partial charge >= 0.3 is 0 Å². The summed E-state index contributed by atoms with van der Waals surface area (Å²) < 4.78 is 0. The van der Waals surface area contributed by atoms with Gasteiger partial charge in [0.05, 0.1) is 0 Å². The predicted molar refractivity (Wildman–Crippen MR) is 85.3 cm³/mol. The average Bonchev–Trinajstić information content (AvgIpc) is 2.44. The van der Waals surface area contributed by atoms with Crippen LogP contribution in [0.2, 0.25) is 0 Å². The van der Waals surface area contributed by atoms with Gasteiger partial charge in [0.15, 0.2) is 0 Å². The van der Waals surface area contributed by atoms with E-state index < -0.39 is 0 Å². The molecule has 19 heavy (non-hydrogen) atoms. The zero-order valence-electron chi connectivity index (χ0n) is 14.1. The van der Waals surface area contributed by atoms with E-state index in [4.69, 9.17) is 5.73 Å². The first-order chi connectivity index (χ1) is 8.87. The van der Waals surface area contributed by atoms with Crippen molar-refractivity contribution in [2.75, 3.05) is 13.6 Å². The molecule has 0 amide bonds. The summed E-state index contributed by atoms with van der Waals surface area (Å²) in [5, 5.41) is 0. The molecule has 0 bridgehead atoms. The highest BCUT2D eigenvalue weighted by atomic mass is 15.2. The molecule has 2 N–H and O–H groups in total. The lowest BCUT2D eigenvalue weighted by molar-refractivity contribution is 0.0327. The lowest BCUT2D eigenvalue weighted by Gasteiger charge is -2.47. The van der Waals surface area contributed by atoms with Crippen LogP contribution < -0.4 is 5.73 Å². The van der Waals surface area contributed by atoms with Crippen molar-refractivity contribution in [3.63, 3.8) is 0 Å². The third-order valence-electron chi connectivity index (χ3n) is 6.08. The van der Waals surface area contributed by atoms with Crippen LogP contribution in [0.4, 0.5) is 0 Å². The van der Waals surface area contributed by atoms with Crippen LogP contribution in [0.25, 0.3) is 0 Å². The number of nitrogens with two attached hydrogens (primary N) is 1. The van der Waals surface area contributed by atoms with E-state index in [0.717, 1.165) is 12.5 Å². The molecule has 1 saturated carbocycles. The number of rotatable bonds is 6. The lowest BCUT2D eigenvalue weighted by atomic mass is 9.65. The Morgan fingerprint density at radius 2 is 1.89 bits per heavy atom. The van der Waals surface area contributed by atoms with Gasteiger partial charge in [0, 0.05) is 12.1 Å². The minimum absolute atomic E-state index is 0.480. The molecule has 0 radical (unpaired) electrons. The molecule has 0 aromatic rings. The molecule has 0 aromatic heterocycles. The predicted octanol–water partition coefficient (Wildman–Crippen LogP) is 3.90. The smallest absolute Gasteiger partial charge is 0.0138 e. The zero-order chi connectivity index (χ0) is 14.6. The molecule has 0 saturated heterocycles. The summed E-state index contributed by atoms with van der Waals surface area (Å²) in [7, 11) is 2.31. The van der Waals surface area contributed by atoms with Gasteiger partial charge < -0.3 is 10.6 Å². The van der Waals surface area contributed by atoms with Crippen LogP contribution in [0.15, 0.2) is 0 Å². The Balaban J connectivity index is 2.79. The van der Waals surface area contributed by atoms with Gasteiger partial charge in [-0.3, -0.25) is 0 Å². The molecule has 114 valence electrons. The molecule has 0 heterocycles. The summed E-state index contributed by atoms with van der Waals surface area (Å²) in [5.41, 5.74) is 6.51. The van der Waals surface area contributed by atoms with Crippen LogP contribution in [0.3, 0.4) is 0 Å². The minimum Gasteiger partial charge on any atom is -0.330 e. The number of hydrogen-bond donors (Lipinski definition) is 1. The van der Waals surface area contributed by atoms with Gasteiger partial charge in [-0.05, 0) is 63.5 Å². The van der Waals surface area contributed by atoms with Gasteiger partial charge in [-0.25, -0.2) is 0 Å². The maximum Gasteiger partial charge on any atom is 0.0138 e. The summed E-state index contributed by atoms with van der Waals surface area (Å²) in [5.74, 6) is 1.56. The van der Waals surface area contributed by atoms with Gasteiger partial charge in [-0.2, -0.15) is 0 Å². The second kappa shape index (κ2) is 7.08. The third kappa shape index (κ3) is 3.95. The molecule has 1 aliphatic rings. The van der Waals surface area contributed by atoms with Gasteiger partial charge in [-0.1, -0.05) is 34.1 Å². The van der Waals surface area contributed by atoms with Crippen molar-refractivity contribution in [2.45, 2.75) is 78.8 Å². The molecule has 2 heteroatoms. The lowest BCUT2D eigenvalue weighted by Crippen LogP contribution is -2.50. The van der Waals surface area contributed by atoms with E-state index in [1.807, 2.05) is 0 Å². The van der Waals surface area contributed by atoms with Crippen LogP contribution in [0.1, 0.15) is 66.7 Å². The van der Waals surface area contributed by atoms with Crippen molar-refractivity contribution in [3.05, 3.63) is 0 Å². The van der Waals surface area contributed by atoms with Crippen molar-refractivity contribution in [3.8, 4) is 0 Å². The molecule has 4 atom stereocenters. The fourth-order valence-corrected chi connectivity index (χ4v) is 3.60. The van der Waals surface area contributed by atoms with Gasteiger partial charge in [0.1, 0.15) is 0 Å². The summed E-state index contributed by atoms with van der Waals surface area (Å²) in [4.78, 5) is 2.61. The maximum absolute atomic E-state index is 6.03. The quantitative estimate of drug-likeness (QED) is 0.791. The van der Waals surface area contributed by atoms with E-state index in [0.29, 0.717) is 23.4 Å². The first-order valence-corrected chi connectivity index (χ1v) is 8.29. The van der Waals surface area contributed by atoms with Crippen LogP contribution in [-0.4, -0.2) is 30.6 Å². The largest absolute Gasteiger partial charge is 0.330 e. The van der Waals surface area contributed by atoms with Crippen molar-refractivity contribution in [1.82, 2.24) is 4.90 Å². The van der Waals surface area contributed by atoms with Crippen molar-refractivity contribution < 1.29 is 0 Å². The van der Waals surface area contributed by atoms with Gasteiger partial charge in [0.2, 0.25) is 0 Å². The Bertz CT molecular complexity index is 262. The Morgan fingerprint density at radius 3 is 2.37 bits per heavy atom. The van der Waals surface area contributed by atoms with Gasteiger partial charge in [-0.15, -0.1) is 0 Å². The molecule has 0 aliphatic heterocycles. The molecule has 1 aliphatic carbocycles. The monoisotopic (exact) mass is 268 g/mol. The Hall–Kier alpha value is -0.0800. The van der Waals surface area contributed by atoms with Crippen LogP contribution >= 0.6 is 0 Å². The van der Waals surface area contributed by atoms with Gasteiger partial charge in [0.25, 0.3) is 0 Å². The van der Waals surface area contributed by atoms with Crippen molar-refractivity contribution in [2.24, 2.45) is 23.0 Å². The SMILES string of the molecule is CCC(C)N(C)C1CC(C(C)(C)CC)CCC1CN. The Labute approximate surface area is 121 Å². The highest BCUT2D eigenvalue weighted by Crippen LogP contribution is 2.43. The molecular weight excluding hydrogens is 232 g/mol. The molecule has 0 spiro atoms. The average molecular weight is 268 g/mol. The van der Waals surface area contributed by atoms with E-state index in [9.17, 15) is 0 Å². The highest BCUT2D eigenvalue weighted by molar-refractivity contribution is 4.92. The summed E-state index contributed by atoms with van der Waals surface area (Å²) in [6.45, 7) is 12.7. The molecule has 2 nitrogen and oxygen atoms in total. The summed E-state index contributed by atoms with van der Waals surface area (Å²) in [6, 6.07) is 1.35. The third-order valence-corrected chi connectivity index (χ3v) is 6.08. The van der Waals surface area contributed by atoms with E-state index in [1.54, 1.807) is 0 Å². The molecule has 1 rings (SSSR count). The first-order valence-electron chi connectivity index (χ1n) is 8.29. The second-order valence-electron chi connectivity index (χ2n) is 7.34. The van der Waals surface area contributed by atoms with Crippen LogP contribution in [0, 0.1) is 17.3 Å². The molecule has 1 fully saturated rings. The normalized spacial score (nSPS) is 30.6. The summed E-state index contributed by atoms with van der Waals surface area (Å²) in [6.07, 6.45) is 6.53.